The first-order valence-electron chi connectivity index (χ1n) is 7.16. The van der Waals surface area contributed by atoms with Crippen LogP contribution in [-0.4, -0.2) is 24.6 Å². The van der Waals surface area contributed by atoms with E-state index in [4.69, 9.17) is 10.5 Å². The van der Waals surface area contributed by atoms with Gasteiger partial charge in [-0.2, -0.15) is 0 Å². The molecule has 0 saturated heterocycles. The Morgan fingerprint density at radius 3 is 2.52 bits per heavy atom. The number of nitrogens with two attached hydrogens (primary N) is 1. The summed E-state index contributed by atoms with van der Waals surface area (Å²) in [5.74, 6) is 1.08. The second kappa shape index (κ2) is 9.64. The molecule has 0 radical (unpaired) electrons. The topological polar surface area (TPSA) is 64.3 Å². The Morgan fingerprint density at radius 2 is 2.00 bits per heavy atom. The SMILES string of the molecule is Cc1cccc(OC(C)C(=O)NC(CN)CC(C)C)c1.Cl. The third-order valence-electron chi connectivity index (χ3n) is 3.06. The van der Waals surface area contributed by atoms with Crippen molar-refractivity contribution in [2.75, 3.05) is 6.54 Å². The van der Waals surface area contributed by atoms with Crippen LogP contribution in [0.2, 0.25) is 0 Å². The monoisotopic (exact) mass is 314 g/mol. The maximum atomic E-state index is 12.1. The Hall–Kier alpha value is -1.26. The van der Waals surface area contributed by atoms with Crippen molar-refractivity contribution in [3.8, 4) is 5.75 Å². The molecule has 0 bridgehead atoms. The summed E-state index contributed by atoms with van der Waals surface area (Å²) in [5, 5.41) is 2.94. The standard InChI is InChI=1S/C16H26N2O2.ClH/c1-11(2)8-14(10-17)18-16(19)13(4)20-15-7-5-6-12(3)9-15;/h5-7,9,11,13-14H,8,10,17H2,1-4H3,(H,18,19);1H. The summed E-state index contributed by atoms with van der Waals surface area (Å²) in [7, 11) is 0. The molecule has 0 fully saturated rings. The van der Waals surface area contributed by atoms with Crippen LogP contribution in [0, 0.1) is 12.8 Å². The summed E-state index contributed by atoms with van der Waals surface area (Å²) in [4.78, 5) is 12.1. The molecule has 0 spiro atoms. The van der Waals surface area contributed by atoms with Gasteiger partial charge in [0.2, 0.25) is 0 Å². The first-order chi connectivity index (χ1) is 9.42. The number of carbonyl (C=O) groups is 1. The van der Waals surface area contributed by atoms with Crippen LogP contribution in [0.4, 0.5) is 0 Å². The molecule has 0 aromatic heterocycles. The van der Waals surface area contributed by atoms with Crippen molar-refractivity contribution < 1.29 is 9.53 Å². The number of rotatable bonds is 7. The predicted octanol–water partition coefficient (Wildman–Crippen LogP) is 2.67. The zero-order chi connectivity index (χ0) is 15.1. The van der Waals surface area contributed by atoms with E-state index in [1.807, 2.05) is 31.2 Å². The molecule has 21 heavy (non-hydrogen) atoms. The molecule has 0 heterocycles. The lowest BCUT2D eigenvalue weighted by atomic mass is 10.0. The van der Waals surface area contributed by atoms with Gasteiger partial charge >= 0.3 is 0 Å². The predicted molar refractivity (Wildman–Crippen MR) is 89.0 cm³/mol. The maximum absolute atomic E-state index is 12.1. The smallest absolute Gasteiger partial charge is 0.261 e. The average molecular weight is 315 g/mol. The minimum atomic E-state index is -0.530. The third kappa shape index (κ3) is 7.34. The molecule has 5 heteroatoms. The molecule has 1 amide bonds. The summed E-state index contributed by atoms with van der Waals surface area (Å²) in [6.07, 6.45) is 0.345. The molecule has 120 valence electrons. The number of benzene rings is 1. The Balaban J connectivity index is 0.00000400. The Labute approximate surface area is 133 Å². The minimum absolute atomic E-state index is 0. The van der Waals surface area contributed by atoms with Gasteiger partial charge in [0.25, 0.3) is 5.91 Å². The lowest BCUT2D eigenvalue weighted by molar-refractivity contribution is -0.128. The summed E-state index contributed by atoms with van der Waals surface area (Å²) in [6.45, 7) is 8.41. The van der Waals surface area contributed by atoms with E-state index in [1.165, 1.54) is 0 Å². The highest BCUT2D eigenvalue weighted by atomic mass is 35.5. The number of aryl methyl sites for hydroxylation is 1. The van der Waals surface area contributed by atoms with Crippen molar-refractivity contribution in [1.82, 2.24) is 5.32 Å². The molecule has 2 atom stereocenters. The number of nitrogens with one attached hydrogen (secondary N) is 1. The molecule has 3 N–H and O–H groups in total. The molecule has 1 aromatic rings. The van der Waals surface area contributed by atoms with Gasteiger partial charge in [-0.15, -0.1) is 12.4 Å². The summed E-state index contributed by atoms with van der Waals surface area (Å²) in [5.41, 5.74) is 6.79. The van der Waals surface area contributed by atoms with Gasteiger partial charge in [-0.25, -0.2) is 0 Å². The molecule has 0 aliphatic rings. The average Bonchev–Trinajstić information content (AvgIpc) is 2.37. The summed E-state index contributed by atoms with van der Waals surface area (Å²) < 4.78 is 5.65. The number of ether oxygens (including phenoxy) is 1. The van der Waals surface area contributed by atoms with E-state index < -0.39 is 6.10 Å². The van der Waals surface area contributed by atoms with Gasteiger partial charge < -0.3 is 15.8 Å². The molecule has 0 aliphatic heterocycles. The molecular formula is C16H27ClN2O2. The van der Waals surface area contributed by atoms with Crippen LogP contribution in [-0.2, 0) is 4.79 Å². The molecule has 0 aliphatic carbocycles. The van der Waals surface area contributed by atoms with Crippen molar-refractivity contribution in [1.29, 1.82) is 0 Å². The fraction of sp³-hybridized carbons (Fsp3) is 0.562. The second-order valence-corrected chi connectivity index (χ2v) is 5.65. The van der Waals surface area contributed by atoms with E-state index in [9.17, 15) is 4.79 Å². The van der Waals surface area contributed by atoms with Crippen LogP contribution in [0.3, 0.4) is 0 Å². The molecule has 1 rings (SSSR count). The Morgan fingerprint density at radius 1 is 1.33 bits per heavy atom. The van der Waals surface area contributed by atoms with Crippen LogP contribution in [0.1, 0.15) is 32.8 Å². The Bertz CT molecular complexity index is 438. The highest BCUT2D eigenvalue weighted by Crippen LogP contribution is 2.14. The number of amides is 1. The van der Waals surface area contributed by atoms with Crippen molar-refractivity contribution >= 4 is 18.3 Å². The van der Waals surface area contributed by atoms with E-state index >= 15 is 0 Å². The minimum Gasteiger partial charge on any atom is -0.481 e. The fourth-order valence-electron chi connectivity index (χ4n) is 2.05. The van der Waals surface area contributed by atoms with Crippen molar-refractivity contribution in [3.05, 3.63) is 29.8 Å². The quantitative estimate of drug-likeness (QED) is 0.813. The molecule has 0 saturated carbocycles. The first-order valence-corrected chi connectivity index (χ1v) is 7.16. The number of hydrogen-bond acceptors (Lipinski definition) is 3. The van der Waals surface area contributed by atoms with Gasteiger partial charge in [0.15, 0.2) is 6.10 Å². The zero-order valence-corrected chi connectivity index (χ0v) is 14.1. The van der Waals surface area contributed by atoms with Gasteiger partial charge in [0.1, 0.15) is 5.75 Å². The van der Waals surface area contributed by atoms with Crippen LogP contribution in [0.5, 0.6) is 5.75 Å². The van der Waals surface area contributed by atoms with Gasteiger partial charge in [-0.3, -0.25) is 4.79 Å². The summed E-state index contributed by atoms with van der Waals surface area (Å²) >= 11 is 0. The molecule has 4 nitrogen and oxygen atoms in total. The van der Waals surface area contributed by atoms with E-state index in [-0.39, 0.29) is 24.4 Å². The zero-order valence-electron chi connectivity index (χ0n) is 13.3. The number of carbonyl (C=O) groups excluding carboxylic acids is 1. The highest BCUT2D eigenvalue weighted by Gasteiger charge is 2.19. The third-order valence-corrected chi connectivity index (χ3v) is 3.06. The van der Waals surface area contributed by atoms with Crippen LogP contribution < -0.4 is 15.8 Å². The first kappa shape index (κ1) is 19.7. The van der Waals surface area contributed by atoms with E-state index in [2.05, 4.69) is 19.2 Å². The van der Waals surface area contributed by atoms with Crippen molar-refractivity contribution in [2.45, 2.75) is 46.3 Å². The van der Waals surface area contributed by atoms with Gasteiger partial charge in [-0.05, 0) is 43.9 Å². The molecular weight excluding hydrogens is 288 g/mol. The summed E-state index contributed by atoms with van der Waals surface area (Å²) in [6, 6.07) is 7.68. The number of halogens is 1. The van der Waals surface area contributed by atoms with E-state index in [0.29, 0.717) is 18.2 Å². The van der Waals surface area contributed by atoms with E-state index in [0.717, 1.165) is 12.0 Å². The van der Waals surface area contributed by atoms with Gasteiger partial charge in [0.05, 0.1) is 0 Å². The van der Waals surface area contributed by atoms with Crippen LogP contribution >= 0.6 is 12.4 Å². The lowest BCUT2D eigenvalue weighted by Gasteiger charge is -2.22. The Kier molecular flexibility index (Phi) is 9.06. The lowest BCUT2D eigenvalue weighted by Crippen LogP contribution is -2.46. The second-order valence-electron chi connectivity index (χ2n) is 5.65. The van der Waals surface area contributed by atoms with Gasteiger partial charge in [-0.1, -0.05) is 26.0 Å². The van der Waals surface area contributed by atoms with Crippen LogP contribution in [0.15, 0.2) is 24.3 Å². The van der Waals surface area contributed by atoms with Crippen molar-refractivity contribution in [2.24, 2.45) is 11.7 Å². The largest absolute Gasteiger partial charge is 0.481 e. The maximum Gasteiger partial charge on any atom is 0.261 e. The number of hydrogen-bond donors (Lipinski definition) is 2. The van der Waals surface area contributed by atoms with Crippen molar-refractivity contribution in [3.63, 3.8) is 0 Å². The molecule has 2 unspecified atom stereocenters. The normalized spacial score (nSPS) is 13.2. The van der Waals surface area contributed by atoms with Crippen LogP contribution in [0.25, 0.3) is 0 Å². The highest BCUT2D eigenvalue weighted by molar-refractivity contribution is 5.85. The van der Waals surface area contributed by atoms with Gasteiger partial charge in [0, 0.05) is 12.6 Å². The molecule has 1 aromatic carbocycles. The van der Waals surface area contributed by atoms with E-state index in [1.54, 1.807) is 6.92 Å². The fourth-order valence-corrected chi connectivity index (χ4v) is 2.05.